The highest BCUT2D eigenvalue weighted by molar-refractivity contribution is 6.36. The molecule has 0 saturated carbocycles. The van der Waals surface area contributed by atoms with Crippen LogP contribution in [0.15, 0.2) is 520 Å². The van der Waals surface area contributed by atoms with Crippen molar-refractivity contribution in [2.45, 2.75) is 0 Å². The summed E-state index contributed by atoms with van der Waals surface area (Å²) in [6, 6.07) is 178. The van der Waals surface area contributed by atoms with Gasteiger partial charge in [-0.15, -0.1) is 0 Å². The van der Waals surface area contributed by atoms with E-state index in [1.165, 1.54) is 92.8 Å². The van der Waals surface area contributed by atoms with Gasteiger partial charge in [-0.1, -0.05) is 334 Å². The van der Waals surface area contributed by atoms with Crippen molar-refractivity contribution in [2.75, 3.05) is 5.43 Å². The van der Waals surface area contributed by atoms with Gasteiger partial charge in [0.25, 0.3) is 0 Å². The molecule has 0 unspecified atom stereocenters. The zero-order chi connectivity index (χ0) is 95.9. The lowest BCUT2D eigenvalue weighted by molar-refractivity contribution is 0.673. The fourth-order valence-electron chi connectivity index (χ4n) is 23.8. The van der Waals surface area contributed by atoms with Crippen LogP contribution >= 0.6 is 0 Å². The lowest BCUT2D eigenvalue weighted by Crippen LogP contribution is -2.17. The fourth-order valence-corrected chi connectivity index (χ4v) is 23.8. The highest BCUT2D eigenvalue weighted by Crippen LogP contribution is 2.50. The van der Waals surface area contributed by atoms with E-state index in [1.54, 1.807) is 0 Å². The minimum Gasteiger partial charge on any atom is -0.455 e. The molecule has 0 bridgehead atoms. The summed E-state index contributed by atoms with van der Waals surface area (Å²) in [5, 5.41) is 27.7. The third kappa shape index (κ3) is 13.0. The number of fused-ring (bicyclic) bond motifs is 25. The van der Waals surface area contributed by atoms with Crippen molar-refractivity contribution < 1.29 is 4.42 Å². The van der Waals surface area contributed by atoms with Crippen LogP contribution in [-0.2, 0) is 0 Å². The van der Waals surface area contributed by atoms with E-state index in [4.69, 9.17) is 4.42 Å². The van der Waals surface area contributed by atoms with E-state index >= 15 is 0 Å². The molecule has 146 heavy (non-hydrogen) atoms. The van der Waals surface area contributed by atoms with Crippen molar-refractivity contribution in [1.82, 2.24) is 27.5 Å². The number of hydrogen-bond acceptors (Lipinski definition) is 3. The zero-order valence-corrected chi connectivity index (χ0v) is 79.1. The minimum absolute atomic E-state index is 0.429. The Morgan fingerprint density at radius 1 is 0.199 bits per heavy atom. The Hall–Kier alpha value is -19.6. The molecule has 7 heterocycles. The topological polar surface area (TPSA) is 78.6 Å². The summed E-state index contributed by atoms with van der Waals surface area (Å²) < 4.78 is 21.3. The number of para-hydroxylation sites is 6. The molecule has 9 nitrogen and oxygen atoms in total. The molecule has 9 heteroatoms. The second-order valence-corrected chi connectivity index (χ2v) is 38.6. The van der Waals surface area contributed by atoms with E-state index in [-0.39, 0.29) is 0 Å². The molecule has 1 aliphatic rings. The van der Waals surface area contributed by atoms with Crippen LogP contribution in [0.4, 0.5) is 0 Å². The van der Waals surface area contributed by atoms with Crippen LogP contribution in [0.2, 0.25) is 0 Å². The third-order valence-electron chi connectivity index (χ3n) is 30.7. The number of nitrogens with one attached hydrogen (secondary N) is 2. The number of benzene rings is 22. The first-order valence-corrected chi connectivity index (χ1v) is 50.0. The molecular formula is C137H86N8O. The van der Waals surface area contributed by atoms with Crippen molar-refractivity contribution in [1.29, 1.82) is 5.41 Å². The van der Waals surface area contributed by atoms with Gasteiger partial charge in [0.1, 0.15) is 11.2 Å². The van der Waals surface area contributed by atoms with Crippen molar-refractivity contribution in [3.05, 3.63) is 521 Å². The van der Waals surface area contributed by atoms with E-state index in [0.717, 1.165) is 194 Å². The monoisotopic (exact) mass is 1860 g/mol. The minimum atomic E-state index is 0.429. The molecule has 0 spiro atoms. The molecule has 0 saturated heterocycles. The lowest BCUT2D eigenvalue weighted by Gasteiger charge is -2.20. The van der Waals surface area contributed by atoms with E-state index in [0.29, 0.717) is 5.71 Å². The van der Waals surface area contributed by atoms with Gasteiger partial charge in [-0.25, -0.2) is 0 Å². The Morgan fingerprint density at radius 3 is 0.925 bits per heavy atom. The maximum atomic E-state index is 9.37. The summed E-state index contributed by atoms with van der Waals surface area (Å²) in [6.45, 7) is 0. The molecular weight excluding hydrogens is 1770 g/mol. The van der Waals surface area contributed by atoms with Crippen molar-refractivity contribution in [3.8, 4) is 106 Å². The summed E-state index contributed by atoms with van der Waals surface area (Å²) >= 11 is 0. The second-order valence-electron chi connectivity index (χ2n) is 38.6. The molecule has 0 radical (unpaired) electrons. The van der Waals surface area contributed by atoms with E-state index in [1.807, 2.05) is 36.4 Å². The molecule has 0 amide bonds. The standard InChI is InChI=1S/C137H86N8O/c138-120-42-22-18-40-111(120)135(90-28-8-2-9-29-90)139-145-131-84-99(56-69-112(131)133-134-113-41-21-25-45-132(113)146-137(134)110-39-17-16-38-109(110)136(133)145)98-55-68-108-117-79-94(60-73-126(117)144(130(108)83-98)102-34-14-5-15-35-102)96-62-75-128-119(81-96)118-80-95(61-74-127(118)140(128)100-30-10-3-11-31-100)93-59-72-125-116(78-93)107-67-54-97(82-129(107)143(125)101-32-12-4-13-33-101)89-48-46-86(47-49-89)88-52-65-104(66-53-88)142-122-44-24-20-37-106(122)115-77-92(58-71-124(115)142)91-57-70-123-114(76-91)105-36-19-23-43-121(105)141(123)103-63-50-87(51-64-103)85-26-6-1-7-27-85/h1-84,138-139H/b135-111-,138-120?. The van der Waals surface area contributed by atoms with Crippen LogP contribution in [-0.4, -0.2) is 33.2 Å². The molecule has 22 aromatic carbocycles. The molecule has 30 rings (SSSR count). The SMILES string of the molecule is N=C1C=CC=C/C1=C(/Nn1c2cc(-c3ccc4c5cc(-c6ccc7c(c6)c6cc(-c8ccc9c(c8)c8ccc(-c%10ccc(-c%11ccc(-n%12c%13ccccc%13c%13cc(-c%14ccc%15c(c%14)c%14ccccc%14n%15-c%14ccc(-c%15ccccc%15)cc%14)ccc%13%12)cc%11)cc%10)cc8n9-c8ccccc8)ccc6n7-c6ccccc6)ccc5n(-c5ccccc5)c4c3)ccc2c2c3c4ccccc4oc3c3ccccc3c21)c1ccccc1. The molecule has 0 atom stereocenters. The van der Waals surface area contributed by atoms with Gasteiger partial charge in [0.15, 0.2) is 0 Å². The Kier molecular flexibility index (Phi) is 18.5. The number of rotatable bonds is 15. The molecule has 680 valence electrons. The highest BCUT2D eigenvalue weighted by Gasteiger charge is 2.29. The highest BCUT2D eigenvalue weighted by atomic mass is 16.3. The van der Waals surface area contributed by atoms with Gasteiger partial charge < -0.3 is 32.7 Å². The predicted octanol–water partition coefficient (Wildman–Crippen LogP) is 36.1. The lowest BCUT2D eigenvalue weighted by atomic mass is 9.97. The first-order valence-electron chi connectivity index (χ1n) is 50.0. The molecule has 0 fully saturated rings. The van der Waals surface area contributed by atoms with Crippen LogP contribution in [0.5, 0.6) is 0 Å². The number of hydrogen-bond donors (Lipinski definition) is 2. The Labute approximate surface area is 838 Å². The molecule has 29 aromatic rings. The predicted molar refractivity (Wildman–Crippen MR) is 613 cm³/mol. The van der Waals surface area contributed by atoms with Crippen LogP contribution in [0.25, 0.3) is 276 Å². The van der Waals surface area contributed by atoms with Gasteiger partial charge >= 0.3 is 0 Å². The van der Waals surface area contributed by atoms with E-state index < -0.39 is 0 Å². The first kappa shape index (κ1) is 82.3. The van der Waals surface area contributed by atoms with Gasteiger partial charge in [0.05, 0.1) is 77.6 Å². The average molecular weight is 1860 g/mol. The first-order chi connectivity index (χ1) is 72.3. The molecule has 2 N–H and O–H groups in total. The van der Waals surface area contributed by atoms with Crippen LogP contribution < -0.4 is 5.43 Å². The van der Waals surface area contributed by atoms with Gasteiger partial charge in [-0.3, -0.25) is 10.1 Å². The van der Waals surface area contributed by atoms with E-state index in [2.05, 4.69) is 506 Å². The number of nitrogens with zero attached hydrogens (tertiary/aromatic N) is 6. The largest absolute Gasteiger partial charge is 0.455 e. The van der Waals surface area contributed by atoms with Gasteiger partial charge in [0.2, 0.25) is 0 Å². The second kappa shape index (κ2) is 32.8. The van der Waals surface area contributed by atoms with Gasteiger partial charge in [0, 0.05) is 126 Å². The Balaban J connectivity index is 0.481. The van der Waals surface area contributed by atoms with E-state index in [9.17, 15) is 5.41 Å². The summed E-state index contributed by atoms with van der Waals surface area (Å²) in [4.78, 5) is 0. The molecule has 7 aromatic heterocycles. The van der Waals surface area contributed by atoms with Crippen molar-refractivity contribution in [2.24, 2.45) is 0 Å². The maximum absolute atomic E-state index is 9.37. The van der Waals surface area contributed by atoms with Gasteiger partial charge in [-0.2, -0.15) is 0 Å². The number of furan rings is 1. The summed E-state index contributed by atoms with van der Waals surface area (Å²) in [5.41, 5.74) is 44.0. The summed E-state index contributed by atoms with van der Waals surface area (Å²) in [6.07, 6.45) is 7.86. The average Bonchev–Trinajstić information content (AvgIpc) is 1.53. The van der Waals surface area contributed by atoms with Gasteiger partial charge in [-0.05, 0) is 254 Å². The summed E-state index contributed by atoms with van der Waals surface area (Å²) in [7, 11) is 0. The molecule has 0 aliphatic heterocycles. The Morgan fingerprint density at radius 2 is 0.486 bits per heavy atom. The fraction of sp³-hybridized carbons (Fsp3) is 0. The normalized spacial score (nSPS) is 12.8. The Bertz CT molecular complexity index is 10600. The van der Waals surface area contributed by atoms with Crippen molar-refractivity contribution >= 4 is 175 Å². The molecule has 1 aliphatic carbocycles. The third-order valence-corrected chi connectivity index (χ3v) is 30.7. The smallest absolute Gasteiger partial charge is 0.144 e. The van der Waals surface area contributed by atoms with Crippen molar-refractivity contribution in [3.63, 3.8) is 0 Å². The van der Waals surface area contributed by atoms with Crippen LogP contribution in [0, 0.1) is 5.41 Å². The maximum Gasteiger partial charge on any atom is 0.144 e. The van der Waals surface area contributed by atoms with Crippen LogP contribution in [0.3, 0.4) is 0 Å². The number of aromatic nitrogens is 6. The quantitative estimate of drug-likeness (QED) is 0.107. The van der Waals surface area contributed by atoms with Crippen LogP contribution in [0.1, 0.15) is 5.56 Å². The number of allylic oxidation sites excluding steroid dienone is 5. The zero-order valence-electron chi connectivity index (χ0n) is 79.1. The summed E-state index contributed by atoms with van der Waals surface area (Å²) in [5.74, 6) is 0.